The number of fused-ring (bicyclic) bond motifs is 1. The summed E-state index contributed by atoms with van der Waals surface area (Å²) in [5, 5.41) is 8.82. The first-order chi connectivity index (χ1) is 15.2. The van der Waals surface area contributed by atoms with Gasteiger partial charge < -0.3 is 5.32 Å². The van der Waals surface area contributed by atoms with E-state index in [9.17, 15) is 13.2 Å². The molecule has 0 atom stereocenters. The van der Waals surface area contributed by atoms with Crippen LogP contribution in [0.2, 0.25) is 0 Å². The van der Waals surface area contributed by atoms with Crippen LogP contribution < -0.4 is 10.5 Å². The van der Waals surface area contributed by atoms with Crippen molar-refractivity contribution in [1.82, 2.24) is 10.3 Å². The number of pyridine rings is 1. The largest absolute Gasteiger partial charge is 0.348 e. The number of nitrogens with one attached hydrogen (secondary N) is 1. The number of primary sulfonamides is 1. The number of benzene rings is 3. The van der Waals surface area contributed by atoms with Gasteiger partial charge in [0.2, 0.25) is 10.0 Å². The molecular formula is C25H23N3O3S. The van der Waals surface area contributed by atoms with E-state index in [4.69, 9.17) is 10.1 Å². The molecular weight excluding hydrogens is 422 g/mol. The van der Waals surface area contributed by atoms with Crippen molar-refractivity contribution in [3.05, 3.63) is 95.1 Å². The second-order valence-corrected chi connectivity index (χ2v) is 9.32. The standard InChI is InChI=1S/C25H23N3O3S/c1-16-7-12-20(17(2)13-16)24-14-22(21-5-3-4-6-23(21)28-24)25(29)27-15-18-8-10-19(11-9-18)32(26,30)31/h3-14H,15H2,1-2H3,(H,27,29)(H2,26,30,31). The molecule has 4 rings (SSSR count). The molecule has 0 radical (unpaired) electrons. The number of hydrogen-bond acceptors (Lipinski definition) is 4. The Morgan fingerprint density at radius 2 is 1.69 bits per heavy atom. The van der Waals surface area contributed by atoms with Gasteiger partial charge in [0.25, 0.3) is 5.91 Å². The van der Waals surface area contributed by atoms with Crippen molar-refractivity contribution in [3.8, 4) is 11.3 Å². The lowest BCUT2D eigenvalue weighted by Gasteiger charge is -2.12. The van der Waals surface area contributed by atoms with E-state index >= 15 is 0 Å². The van der Waals surface area contributed by atoms with Crippen LogP contribution in [0.3, 0.4) is 0 Å². The van der Waals surface area contributed by atoms with E-state index < -0.39 is 10.0 Å². The zero-order chi connectivity index (χ0) is 22.9. The lowest BCUT2D eigenvalue weighted by molar-refractivity contribution is 0.0952. The first-order valence-electron chi connectivity index (χ1n) is 10.1. The van der Waals surface area contributed by atoms with Gasteiger partial charge in [0, 0.05) is 17.5 Å². The number of sulfonamides is 1. The molecule has 1 heterocycles. The predicted octanol–water partition coefficient (Wildman–Crippen LogP) is 4.10. The molecule has 0 aliphatic heterocycles. The minimum Gasteiger partial charge on any atom is -0.348 e. The lowest BCUT2D eigenvalue weighted by Crippen LogP contribution is -2.23. The summed E-state index contributed by atoms with van der Waals surface area (Å²) >= 11 is 0. The van der Waals surface area contributed by atoms with Crippen molar-refractivity contribution in [2.45, 2.75) is 25.3 Å². The Kier molecular flexibility index (Phi) is 5.78. The smallest absolute Gasteiger partial charge is 0.252 e. The number of aryl methyl sites for hydroxylation is 2. The maximum atomic E-state index is 13.1. The minimum absolute atomic E-state index is 0.0332. The van der Waals surface area contributed by atoms with Crippen molar-refractivity contribution in [1.29, 1.82) is 0 Å². The monoisotopic (exact) mass is 445 g/mol. The Balaban J connectivity index is 1.66. The van der Waals surface area contributed by atoms with Crippen molar-refractivity contribution in [2.24, 2.45) is 5.14 Å². The Hall–Kier alpha value is -3.55. The number of carbonyl (C=O) groups is 1. The van der Waals surface area contributed by atoms with Crippen LogP contribution in [0.1, 0.15) is 27.0 Å². The second-order valence-electron chi connectivity index (χ2n) is 7.76. The molecule has 0 saturated heterocycles. The number of hydrogen-bond donors (Lipinski definition) is 2. The van der Waals surface area contributed by atoms with Crippen molar-refractivity contribution in [3.63, 3.8) is 0 Å². The molecule has 1 aromatic heterocycles. The summed E-state index contributed by atoms with van der Waals surface area (Å²) in [7, 11) is -3.75. The van der Waals surface area contributed by atoms with Crippen molar-refractivity contribution >= 4 is 26.8 Å². The summed E-state index contributed by atoms with van der Waals surface area (Å²) < 4.78 is 22.8. The molecule has 0 fully saturated rings. The van der Waals surface area contributed by atoms with Gasteiger partial charge in [-0.1, -0.05) is 54.1 Å². The lowest BCUT2D eigenvalue weighted by atomic mass is 9.99. The minimum atomic E-state index is -3.75. The van der Waals surface area contributed by atoms with Gasteiger partial charge >= 0.3 is 0 Å². The SMILES string of the molecule is Cc1ccc(-c2cc(C(=O)NCc3ccc(S(N)(=O)=O)cc3)c3ccccc3n2)c(C)c1. The summed E-state index contributed by atoms with van der Waals surface area (Å²) in [4.78, 5) is 17.9. The fourth-order valence-corrected chi connectivity index (χ4v) is 4.19. The summed E-state index contributed by atoms with van der Waals surface area (Å²) in [5.41, 5.74) is 6.02. The van der Waals surface area contributed by atoms with Gasteiger partial charge in [0.1, 0.15) is 0 Å². The molecule has 6 nitrogen and oxygen atoms in total. The number of nitrogens with zero attached hydrogens (tertiary/aromatic N) is 1. The van der Waals surface area contributed by atoms with Gasteiger partial charge in [-0.2, -0.15) is 0 Å². The van der Waals surface area contributed by atoms with Gasteiger partial charge in [-0.25, -0.2) is 18.5 Å². The Morgan fingerprint density at radius 3 is 2.38 bits per heavy atom. The molecule has 3 aromatic carbocycles. The molecule has 1 amide bonds. The van der Waals surface area contributed by atoms with E-state index in [0.29, 0.717) is 5.56 Å². The number of aromatic nitrogens is 1. The highest BCUT2D eigenvalue weighted by Gasteiger charge is 2.15. The van der Waals surface area contributed by atoms with Crippen LogP contribution in [0.25, 0.3) is 22.2 Å². The third kappa shape index (κ3) is 4.54. The number of para-hydroxylation sites is 1. The van der Waals surface area contributed by atoms with Gasteiger partial charge in [0.05, 0.1) is 21.7 Å². The second kappa shape index (κ2) is 8.53. The molecule has 0 saturated carbocycles. The molecule has 3 N–H and O–H groups in total. The van der Waals surface area contributed by atoms with Crippen LogP contribution in [0.4, 0.5) is 0 Å². The molecule has 0 aliphatic rings. The van der Waals surface area contributed by atoms with E-state index in [1.807, 2.05) is 56.3 Å². The van der Waals surface area contributed by atoms with Crippen LogP contribution in [0.15, 0.2) is 77.7 Å². The van der Waals surface area contributed by atoms with Crippen molar-refractivity contribution < 1.29 is 13.2 Å². The topological polar surface area (TPSA) is 102 Å². The van der Waals surface area contributed by atoms with E-state index in [1.165, 1.54) is 17.7 Å². The zero-order valence-corrected chi connectivity index (χ0v) is 18.6. The summed E-state index contributed by atoms with van der Waals surface area (Å²) in [6, 6.07) is 21.6. The summed E-state index contributed by atoms with van der Waals surface area (Å²) in [6.45, 7) is 4.32. The van der Waals surface area contributed by atoms with Gasteiger partial charge in [0.15, 0.2) is 0 Å². The van der Waals surface area contributed by atoms with E-state index in [2.05, 4.69) is 11.4 Å². The van der Waals surface area contributed by atoms with Crippen LogP contribution in [0.5, 0.6) is 0 Å². The zero-order valence-electron chi connectivity index (χ0n) is 17.8. The fourth-order valence-electron chi connectivity index (χ4n) is 3.68. The molecule has 0 aliphatic carbocycles. The third-order valence-corrected chi connectivity index (χ3v) is 6.25. The Labute approximate surface area is 187 Å². The predicted molar refractivity (Wildman–Crippen MR) is 126 cm³/mol. The van der Waals surface area contributed by atoms with Crippen LogP contribution >= 0.6 is 0 Å². The molecule has 4 aromatic rings. The van der Waals surface area contributed by atoms with Crippen molar-refractivity contribution in [2.75, 3.05) is 0 Å². The number of rotatable bonds is 5. The quantitative estimate of drug-likeness (QED) is 0.483. The molecule has 0 bridgehead atoms. The van der Waals surface area contributed by atoms with E-state index in [1.54, 1.807) is 12.1 Å². The normalized spacial score (nSPS) is 11.5. The van der Waals surface area contributed by atoms with Gasteiger partial charge in [-0.05, 0) is 49.2 Å². The van der Waals surface area contributed by atoms with Crippen LogP contribution in [0, 0.1) is 13.8 Å². The highest BCUT2D eigenvalue weighted by molar-refractivity contribution is 7.89. The molecule has 162 valence electrons. The average Bonchev–Trinajstić information content (AvgIpc) is 2.76. The Bertz CT molecular complexity index is 1430. The first kappa shape index (κ1) is 21.7. The molecule has 7 heteroatoms. The van der Waals surface area contributed by atoms with Gasteiger partial charge in [-0.15, -0.1) is 0 Å². The molecule has 32 heavy (non-hydrogen) atoms. The third-order valence-electron chi connectivity index (χ3n) is 5.32. The van der Waals surface area contributed by atoms with Crippen LogP contribution in [-0.4, -0.2) is 19.3 Å². The van der Waals surface area contributed by atoms with E-state index in [0.717, 1.165) is 33.3 Å². The number of carbonyl (C=O) groups excluding carboxylic acids is 1. The average molecular weight is 446 g/mol. The number of amides is 1. The first-order valence-corrected chi connectivity index (χ1v) is 11.6. The van der Waals surface area contributed by atoms with Gasteiger partial charge in [-0.3, -0.25) is 4.79 Å². The van der Waals surface area contributed by atoms with Crippen LogP contribution in [-0.2, 0) is 16.6 Å². The number of nitrogens with two attached hydrogens (primary N) is 1. The highest BCUT2D eigenvalue weighted by atomic mass is 32.2. The fraction of sp³-hybridized carbons (Fsp3) is 0.120. The maximum absolute atomic E-state index is 13.1. The highest BCUT2D eigenvalue weighted by Crippen LogP contribution is 2.27. The summed E-state index contributed by atoms with van der Waals surface area (Å²) in [6.07, 6.45) is 0. The summed E-state index contributed by atoms with van der Waals surface area (Å²) in [5.74, 6) is -0.231. The maximum Gasteiger partial charge on any atom is 0.252 e. The Morgan fingerprint density at radius 1 is 0.969 bits per heavy atom. The van der Waals surface area contributed by atoms with E-state index in [-0.39, 0.29) is 17.3 Å². The molecule has 0 spiro atoms. The molecule has 0 unspecified atom stereocenters.